The predicted octanol–water partition coefficient (Wildman–Crippen LogP) is 2.30. The van der Waals surface area contributed by atoms with Crippen molar-refractivity contribution in [3.05, 3.63) is 29.3 Å². The highest BCUT2D eigenvalue weighted by Gasteiger charge is 2.27. The van der Waals surface area contributed by atoms with Crippen LogP contribution in [0.4, 0.5) is 0 Å². The summed E-state index contributed by atoms with van der Waals surface area (Å²) in [5.41, 5.74) is 1.66. The van der Waals surface area contributed by atoms with Gasteiger partial charge in [-0.1, -0.05) is 30.5 Å². The zero-order valence-electron chi connectivity index (χ0n) is 11.3. The van der Waals surface area contributed by atoms with Gasteiger partial charge in [0.1, 0.15) is 0 Å². The number of benzene rings is 1. The standard InChI is InChI=1S/C14H19NO3S/c1-10-7-8-13(11(2)9-10)19(17,18)15-14(16)12-5-3-4-6-12/h7-9,12H,3-6H2,1-2H3,(H,15,16). The maximum atomic E-state index is 12.2. The second-order valence-electron chi connectivity index (χ2n) is 5.22. The Hall–Kier alpha value is -1.36. The smallest absolute Gasteiger partial charge is 0.264 e. The Kier molecular flexibility index (Phi) is 3.94. The topological polar surface area (TPSA) is 63.2 Å². The van der Waals surface area contributed by atoms with Crippen molar-refractivity contribution < 1.29 is 13.2 Å². The average molecular weight is 281 g/mol. The van der Waals surface area contributed by atoms with E-state index in [0.29, 0.717) is 5.56 Å². The lowest BCUT2D eigenvalue weighted by Crippen LogP contribution is -2.35. The van der Waals surface area contributed by atoms with E-state index >= 15 is 0 Å². The third kappa shape index (κ3) is 3.15. The highest BCUT2D eigenvalue weighted by Crippen LogP contribution is 2.25. The Morgan fingerprint density at radius 1 is 1.21 bits per heavy atom. The predicted molar refractivity (Wildman–Crippen MR) is 73.2 cm³/mol. The molecule has 1 aliphatic carbocycles. The van der Waals surface area contributed by atoms with Crippen LogP contribution in [0, 0.1) is 19.8 Å². The number of nitrogens with one attached hydrogen (secondary N) is 1. The summed E-state index contributed by atoms with van der Waals surface area (Å²) in [7, 11) is -3.74. The van der Waals surface area contributed by atoms with Gasteiger partial charge in [-0.25, -0.2) is 13.1 Å². The summed E-state index contributed by atoms with van der Waals surface area (Å²) in [5, 5.41) is 0. The first kappa shape index (κ1) is 14.1. The van der Waals surface area contributed by atoms with Crippen molar-refractivity contribution in [2.75, 3.05) is 0 Å². The monoisotopic (exact) mass is 281 g/mol. The molecule has 2 rings (SSSR count). The number of rotatable bonds is 3. The molecule has 0 saturated heterocycles. The van der Waals surface area contributed by atoms with Gasteiger partial charge < -0.3 is 0 Å². The molecule has 1 N–H and O–H groups in total. The fourth-order valence-electron chi connectivity index (χ4n) is 2.56. The van der Waals surface area contributed by atoms with Crippen LogP contribution < -0.4 is 4.72 Å². The Labute approximate surface area is 114 Å². The molecular weight excluding hydrogens is 262 g/mol. The Morgan fingerprint density at radius 2 is 1.84 bits per heavy atom. The van der Waals surface area contributed by atoms with Crippen molar-refractivity contribution in [1.82, 2.24) is 4.72 Å². The van der Waals surface area contributed by atoms with E-state index in [9.17, 15) is 13.2 Å². The molecule has 0 spiro atoms. The SMILES string of the molecule is Cc1ccc(S(=O)(=O)NC(=O)C2CCCC2)c(C)c1. The van der Waals surface area contributed by atoms with Gasteiger partial charge in [0.15, 0.2) is 0 Å². The third-order valence-corrected chi connectivity index (χ3v) is 5.09. The van der Waals surface area contributed by atoms with Crippen molar-refractivity contribution in [3.63, 3.8) is 0 Å². The molecule has 0 heterocycles. The molecule has 0 unspecified atom stereocenters. The summed E-state index contributed by atoms with van der Waals surface area (Å²) < 4.78 is 26.6. The fourth-order valence-corrected chi connectivity index (χ4v) is 3.83. The van der Waals surface area contributed by atoms with Crippen molar-refractivity contribution in [1.29, 1.82) is 0 Å². The van der Waals surface area contributed by atoms with Crippen LogP contribution in [-0.4, -0.2) is 14.3 Å². The van der Waals surface area contributed by atoms with E-state index in [1.54, 1.807) is 25.1 Å². The van der Waals surface area contributed by atoms with E-state index in [-0.39, 0.29) is 16.7 Å². The first-order chi connectivity index (χ1) is 8.90. The lowest BCUT2D eigenvalue weighted by Gasteiger charge is -2.12. The van der Waals surface area contributed by atoms with Crippen LogP contribution in [0.5, 0.6) is 0 Å². The quantitative estimate of drug-likeness (QED) is 0.924. The molecule has 104 valence electrons. The van der Waals surface area contributed by atoms with Gasteiger partial charge in [0.25, 0.3) is 10.0 Å². The lowest BCUT2D eigenvalue weighted by atomic mass is 10.1. The van der Waals surface area contributed by atoms with Crippen molar-refractivity contribution in [3.8, 4) is 0 Å². The summed E-state index contributed by atoms with van der Waals surface area (Å²) in [4.78, 5) is 12.1. The molecule has 1 fully saturated rings. The van der Waals surface area contributed by atoms with E-state index in [1.807, 2.05) is 6.92 Å². The fraction of sp³-hybridized carbons (Fsp3) is 0.500. The number of aryl methyl sites for hydroxylation is 2. The molecule has 1 aliphatic rings. The van der Waals surface area contributed by atoms with E-state index in [4.69, 9.17) is 0 Å². The van der Waals surface area contributed by atoms with Crippen LogP contribution in [0.2, 0.25) is 0 Å². The number of carbonyl (C=O) groups excluding carboxylic acids is 1. The molecule has 0 atom stereocenters. The number of carbonyl (C=O) groups is 1. The summed E-state index contributed by atoms with van der Waals surface area (Å²) in [5.74, 6) is -0.516. The lowest BCUT2D eigenvalue weighted by molar-refractivity contribution is -0.122. The third-order valence-electron chi connectivity index (χ3n) is 3.58. The molecule has 1 amide bonds. The van der Waals surface area contributed by atoms with Gasteiger partial charge in [-0.3, -0.25) is 4.79 Å². The van der Waals surface area contributed by atoms with Crippen LogP contribution >= 0.6 is 0 Å². The second kappa shape index (κ2) is 5.33. The first-order valence-electron chi connectivity index (χ1n) is 6.54. The van der Waals surface area contributed by atoms with E-state index in [2.05, 4.69) is 4.72 Å². The number of hydrogen-bond donors (Lipinski definition) is 1. The Morgan fingerprint density at radius 3 is 2.42 bits per heavy atom. The zero-order valence-corrected chi connectivity index (χ0v) is 12.1. The van der Waals surface area contributed by atoms with Crippen LogP contribution in [0.3, 0.4) is 0 Å². The first-order valence-corrected chi connectivity index (χ1v) is 8.02. The molecule has 1 aromatic rings. The summed E-state index contributed by atoms with van der Waals surface area (Å²) in [6.07, 6.45) is 3.58. The van der Waals surface area contributed by atoms with Gasteiger partial charge in [-0.15, -0.1) is 0 Å². The van der Waals surface area contributed by atoms with Crippen LogP contribution in [0.1, 0.15) is 36.8 Å². The molecule has 0 bridgehead atoms. The highest BCUT2D eigenvalue weighted by molar-refractivity contribution is 7.90. The molecule has 19 heavy (non-hydrogen) atoms. The molecule has 4 nitrogen and oxygen atoms in total. The summed E-state index contributed by atoms with van der Waals surface area (Å²) in [6.45, 7) is 3.64. The van der Waals surface area contributed by atoms with Gasteiger partial charge in [0.2, 0.25) is 5.91 Å². The highest BCUT2D eigenvalue weighted by atomic mass is 32.2. The number of hydrogen-bond acceptors (Lipinski definition) is 3. The Bertz CT molecular complexity index is 587. The molecule has 5 heteroatoms. The van der Waals surface area contributed by atoms with Crippen LogP contribution in [-0.2, 0) is 14.8 Å². The van der Waals surface area contributed by atoms with Crippen molar-refractivity contribution >= 4 is 15.9 Å². The van der Waals surface area contributed by atoms with E-state index in [1.165, 1.54) is 0 Å². The van der Waals surface area contributed by atoms with Gasteiger partial charge >= 0.3 is 0 Å². The van der Waals surface area contributed by atoms with E-state index in [0.717, 1.165) is 31.2 Å². The number of sulfonamides is 1. The van der Waals surface area contributed by atoms with Gasteiger partial charge in [-0.2, -0.15) is 0 Å². The number of amides is 1. The molecule has 0 aromatic heterocycles. The van der Waals surface area contributed by atoms with Crippen molar-refractivity contribution in [2.24, 2.45) is 5.92 Å². The van der Waals surface area contributed by atoms with Gasteiger partial charge in [0, 0.05) is 5.92 Å². The minimum absolute atomic E-state index is 0.152. The molecule has 0 radical (unpaired) electrons. The average Bonchev–Trinajstić information content (AvgIpc) is 2.80. The van der Waals surface area contributed by atoms with Gasteiger partial charge in [0.05, 0.1) is 4.90 Å². The molecule has 0 aliphatic heterocycles. The minimum atomic E-state index is -3.74. The molecular formula is C14H19NO3S. The largest absolute Gasteiger partial charge is 0.274 e. The second-order valence-corrected chi connectivity index (χ2v) is 6.87. The van der Waals surface area contributed by atoms with Crippen LogP contribution in [0.15, 0.2) is 23.1 Å². The normalized spacial score (nSPS) is 16.5. The zero-order chi connectivity index (χ0) is 14.0. The molecule has 1 saturated carbocycles. The Balaban J connectivity index is 2.20. The van der Waals surface area contributed by atoms with E-state index < -0.39 is 10.0 Å². The van der Waals surface area contributed by atoms with Crippen LogP contribution in [0.25, 0.3) is 0 Å². The summed E-state index contributed by atoms with van der Waals surface area (Å²) in [6, 6.07) is 5.09. The van der Waals surface area contributed by atoms with Gasteiger partial charge in [-0.05, 0) is 38.3 Å². The van der Waals surface area contributed by atoms with Crippen molar-refractivity contribution in [2.45, 2.75) is 44.4 Å². The minimum Gasteiger partial charge on any atom is -0.274 e. The maximum Gasteiger partial charge on any atom is 0.264 e. The maximum absolute atomic E-state index is 12.2. The summed E-state index contributed by atoms with van der Waals surface area (Å²) >= 11 is 0. The molecule has 1 aromatic carbocycles.